The van der Waals surface area contributed by atoms with E-state index in [4.69, 9.17) is 0 Å². The molecule has 2 aliphatic carbocycles. The maximum absolute atomic E-state index is 12.0. The fourth-order valence-electron chi connectivity index (χ4n) is 3.11. The molecular formula is C18H17N3OS. The summed E-state index contributed by atoms with van der Waals surface area (Å²) in [7, 11) is 0. The van der Waals surface area contributed by atoms with Crippen LogP contribution in [0.4, 0.5) is 0 Å². The van der Waals surface area contributed by atoms with E-state index in [2.05, 4.69) is 27.7 Å². The van der Waals surface area contributed by atoms with Crippen LogP contribution in [0.1, 0.15) is 17.8 Å². The quantitative estimate of drug-likeness (QED) is 0.692. The van der Waals surface area contributed by atoms with Crippen LogP contribution in [0.15, 0.2) is 53.0 Å². The van der Waals surface area contributed by atoms with Crippen LogP contribution >= 0.6 is 11.3 Å². The molecule has 2 aliphatic rings. The van der Waals surface area contributed by atoms with Gasteiger partial charge in [-0.15, -0.1) is 11.3 Å². The summed E-state index contributed by atoms with van der Waals surface area (Å²) in [4.78, 5) is 16.6. The largest absolute Gasteiger partial charge is 0.273 e. The second-order valence-electron chi connectivity index (χ2n) is 5.95. The summed E-state index contributed by atoms with van der Waals surface area (Å²) in [6, 6.07) is 10.00. The Morgan fingerprint density at radius 2 is 2.22 bits per heavy atom. The van der Waals surface area contributed by atoms with Gasteiger partial charge in [-0.1, -0.05) is 42.5 Å². The van der Waals surface area contributed by atoms with E-state index in [9.17, 15) is 4.79 Å². The van der Waals surface area contributed by atoms with Gasteiger partial charge >= 0.3 is 0 Å². The Hall–Kier alpha value is -2.27. The van der Waals surface area contributed by atoms with Gasteiger partial charge in [0.05, 0.1) is 12.1 Å². The average Bonchev–Trinajstić information content (AvgIpc) is 3.16. The number of nitrogens with zero attached hydrogens (tertiary/aromatic N) is 2. The summed E-state index contributed by atoms with van der Waals surface area (Å²) in [6.45, 7) is 0. The summed E-state index contributed by atoms with van der Waals surface area (Å²) >= 11 is 1.51. The molecule has 1 aromatic heterocycles. The molecule has 116 valence electrons. The zero-order valence-corrected chi connectivity index (χ0v) is 13.4. The average molecular weight is 323 g/mol. The first-order valence-electron chi connectivity index (χ1n) is 7.81. The highest BCUT2D eigenvalue weighted by atomic mass is 32.1. The highest BCUT2D eigenvalue weighted by Crippen LogP contribution is 2.40. The third kappa shape index (κ3) is 2.97. The summed E-state index contributed by atoms with van der Waals surface area (Å²) in [5.41, 5.74) is 5.80. The van der Waals surface area contributed by atoms with E-state index in [-0.39, 0.29) is 12.3 Å². The predicted molar refractivity (Wildman–Crippen MR) is 92.2 cm³/mol. The number of amides is 1. The van der Waals surface area contributed by atoms with Crippen molar-refractivity contribution >= 4 is 23.0 Å². The normalized spacial score (nSPS) is 23.6. The maximum atomic E-state index is 12.0. The fraction of sp³-hybridized carbons (Fsp3) is 0.278. The molecule has 0 radical (unpaired) electrons. The lowest BCUT2D eigenvalue weighted by atomic mass is 9.74. The number of allylic oxidation sites excluding steroid dienone is 2. The molecule has 4 nitrogen and oxygen atoms in total. The van der Waals surface area contributed by atoms with Gasteiger partial charge in [0.1, 0.15) is 5.01 Å². The number of nitrogens with one attached hydrogen (secondary N) is 1. The monoisotopic (exact) mass is 323 g/mol. The van der Waals surface area contributed by atoms with Gasteiger partial charge in [0, 0.05) is 22.6 Å². The third-order valence-corrected chi connectivity index (χ3v) is 5.27. The van der Waals surface area contributed by atoms with Crippen molar-refractivity contribution in [3.05, 3.63) is 52.9 Å². The van der Waals surface area contributed by atoms with Gasteiger partial charge in [0.25, 0.3) is 0 Å². The van der Waals surface area contributed by atoms with Gasteiger partial charge in [-0.3, -0.25) is 4.79 Å². The SMILES string of the molecule is O=C(Cc1nc(-c2ccccc2)cs1)N/N=C1/C[C@H]2C=CC[C@@H]12. The minimum atomic E-state index is -0.0964. The minimum Gasteiger partial charge on any atom is -0.273 e. The van der Waals surface area contributed by atoms with Crippen molar-refractivity contribution in [2.75, 3.05) is 0 Å². The van der Waals surface area contributed by atoms with E-state index in [0.29, 0.717) is 11.8 Å². The van der Waals surface area contributed by atoms with Crippen molar-refractivity contribution in [3.63, 3.8) is 0 Å². The lowest BCUT2D eigenvalue weighted by molar-refractivity contribution is -0.120. The maximum Gasteiger partial charge on any atom is 0.246 e. The van der Waals surface area contributed by atoms with Crippen LogP contribution in [-0.2, 0) is 11.2 Å². The zero-order chi connectivity index (χ0) is 15.6. The van der Waals surface area contributed by atoms with Gasteiger partial charge in [-0.05, 0) is 18.8 Å². The van der Waals surface area contributed by atoms with Crippen LogP contribution in [0, 0.1) is 11.8 Å². The van der Waals surface area contributed by atoms with Crippen molar-refractivity contribution < 1.29 is 4.79 Å². The van der Waals surface area contributed by atoms with E-state index in [1.165, 1.54) is 11.3 Å². The Labute approximate surface area is 139 Å². The van der Waals surface area contributed by atoms with Crippen LogP contribution in [-0.4, -0.2) is 16.6 Å². The second-order valence-corrected chi connectivity index (χ2v) is 6.89. The first-order valence-corrected chi connectivity index (χ1v) is 8.69. The molecule has 23 heavy (non-hydrogen) atoms. The molecule has 1 aromatic carbocycles. The smallest absolute Gasteiger partial charge is 0.246 e. The van der Waals surface area contributed by atoms with Crippen molar-refractivity contribution in [2.45, 2.75) is 19.3 Å². The van der Waals surface area contributed by atoms with Gasteiger partial charge in [0.2, 0.25) is 5.91 Å². The molecule has 1 N–H and O–H groups in total. The van der Waals surface area contributed by atoms with Crippen LogP contribution in [0.25, 0.3) is 11.3 Å². The molecule has 0 aliphatic heterocycles. The lowest BCUT2D eigenvalue weighted by Gasteiger charge is -2.31. The van der Waals surface area contributed by atoms with E-state index < -0.39 is 0 Å². The van der Waals surface area contributed by atoms with E-state index in [1.807, 2.05) is 35.7 Å². The van der Waals surface area contributed by atoms with Crippen molar-refractivity contribution in [2.24, 2.45) is 16.9 Å². The molecule has 0 saturated heterocycles. The van der Waals surface area contributed by atoms with E-state index in [0.717, 1.165) is 34.8 Å². The van der Waals surface area contributed by atoms with Gasteiger partial charge in [-0.25, -0.2) is 10.4 Å². The molecule has 1 saturated carbocycles. The highest BCUT2D eigenvalue weighted by Gasteiger charge is 2.37. The van der Waals surface area contributed by atoms with Crippen LogP contribution in [0.5, 0.6) is 0 Å². The van der Waals surface area contributed by atoms with Crippen molar-refractivity contribution in [1.82, 2.24) is 10.4 Å². The second kappa shape index (κ2) is 6.08. The Morgan fingerprint density at radius 1 is 1.35 bits per heavy atom. The topological polar surface area (TPSA) is 54.4 Å². The molecule has 2 atom stereocenters. The first kappa shape index (κ1) is 14.3. The number of hydrogen-bond acceptors (Lipinski definition) is 4. The number of fused-ring (bicyclic) bond motifs is 1. The summed E-state index contributed by atoms with van der Waals surface area (Å²) in [6.07, 6.45) is 6.79. The van der Waals surface area contributed by atoms with E-state index in [1.54, 1.807) is 0 Å². The van der Waals surface area contributed by atoms with Gasteiger partial charge in [-0.2, -0.15) is 5.10 Å². The molecule has 0 unspecified atom stereocenters. The molecule has 1 fully saturated rings. The Kier molecular flexibility index (Phi) is 3.79. The number of benzene rings is 1. The number of carbonyl (C=O) groups is 1. The summed E-state index contributed by atoms with van der Waals surface area (Å²) in [5.74, 6) is 1.08. The molecule has 4 rings (SSSR count). The lowest BCUT2D eigenvalue weighted by Crippen LogP contribution is -2.35. The van der Waals surface area contributed by atoms with Gasteiger partial charge < -0.3 is 0 Å². The number of aromatic nitrogens is 1. The van der Waals surface area contributed by atoms with Crippen molar-refractivity contribution in [1.29, 1.82) is 0 Å². The zero-order valence-electron chi connectivity index (χ0n) is 12.6. The molecule has 0 spiro atoms. The number of rotatable bonds is 4. The van der Waals surface area contributed by atoms with Crippen molar-refractivity contribution in [3.8, 4) is 11.3 Å². The number of carbonyl (C=O) groups excluding carboxylic acids is 1. The highest BCUT2D eigenvalue weighted by molar-refractivity contribution is 7.10. The third-order valence-electron chi connectivity index (χ3n) is 4.42. The number of thiazole rings is 1. The molecular weight excluding hydrogens is 306 g/mol. The predicted octanol–water partition coefficient (Wildman–Crippen LogP) is 3.42. The molecule has 1 heterocycles. The van der Waals surface area contributed by atoms with Crippen LogP contribution < -0.4 is 5.43 Å². The Balaban J connectivity index is 1.34. The first-order chi connectivity index (χ1) is 11.3. The standard InChI is InChI=1S/C18H17N3OS/c22-17(21-20-15-9-13-7-4-8-14(13)15)10-18-19-16(11-23-18)12-5-2-1-3-6-12/h1-7,11,13-14H,8-10H2,(H,21,22)/b20-15-/t13-,14-/m1/s1. The fourth-order valence-corrected chi connectivity index (χ4v) is 3.91. The molecule has 0 bridgehead atoms. The number of hydrogen-bond donors (Lipinski definition) is 1. The van der Waals surface area contributed by atoms with Crippen LogP contribution in [0.3, 0.4) is 0 Å². The summed E-state index contributed by atoms with van der Waals surface area (Å²) < 4.78 is 0. The molecule has 1 amide bonds. The van der Waals surface area contributed by atoms with E-state index >= 15 is 0 Å². The van der Waals surface area contributed by atoms with Gasteiger partial charge in [0.15, 0.2) is 0 Å². The van der Waals surface area contributed by atoms with Crippen LogP contribution in [0.2, 0.25) is 0 Å². The minimum absolute atomic E-state index is 0.0964. The molecule has 2 aromatic rings. The Morgan fingerprint density at radius 3 is 3.04 bits per heavy atom. The molecule has 5 heteroatoms. The summed E-state index contributed by atoms with van der Waals surface area (Å²) in [5, 5.41) is 7.09. The Bertz CT molecular complexity index is 779. The number of hydrazone groups is 1.